The minimum absolute atomic E-state index is 0.00621. The van der Waals surface area contributed by atoms with E-state index in [-0.39, 0.29) is 18.2 Å². The Balaban J connectivity index is 1.94. The SMILES string of the molecule is Cc1ccccc1C(C#N)CC(=O)NC1CCCCC1. The van der Waals surface area contributed by atoms with E-state index in [4.69, 9.17) is 0 Å². The number of amides is 1. The molecule has 3 heteroatoms. The highest BCUT2D eigenvalue weighted by atomic mass is 16.1. The lowest BCUT2D eigenvalue weighted by Gasteiger charge is -2.23. The zero-order valence-corrected chi connectivity index (χ0v) is 12.1. The number of carbonyl (C=O) groups excluding carboxylic acids is 1. The fraction of sp³-hybridized carbons (Fsp3) is 0.529. The highest BCUT2D eigenvalue weighted by Crippen LogP contribution is 2.23. The van der Waals surface area contributed by atoms with Gasteiger partial charge in [-0.3, -0.25) is 4.79 Å². The topological polar surface area (TPSA) is 52.9 Å². The Morgan fingerprint density at radius 2 is 2.05 bits per heavy atom. The van der Waals surface area contributed by atoms with Crippen LogP contribution < -0.4 is 5.32 Å². The molecule has 0 heterocycles. The molecule has 1 fully saturated rings. The molecule has 1 aliphatic carbocycles. The van der Waals surface area contributed by atoms with Crippen LogP contribution in [0.2, 0.25) is 0 Å². The molecule has 0 saturated heterocycles. The molecule has 0 radical (unpaired) electrons. The predicted molar refractivity (Wildman–Crippen MR) is 79.2 cm³/mol. The number of hydrogen-bond donors (Lipinski definition) is 1. The van der Waals surface area contributed by atoms with Gasteiger partial charge in [-0.2, -0.15) is 5.26 Å². The van der Waals surface area contributed by atoms with E-state index in [2.05, 4.69) is 11.4 Å². The number of rotatable bonds is 4. The summed E-state index contributed by atoms with van der Waals surface area (Å²) in [6, 6.07) is 10.4. The average Bonchev–Trinajstić information content (AvgIpc) is 2.46. The summed E-state index contributed by atoms with van der Waals surface area (Å²) in [5, 5.41) is 12.4. The first-order valence-corrected chi connectivity index (χ1v) is 7.45. The van der Waals surface area contributed by atoms with Gasteiger partial charge in [0.25, 0.3) is 0 Å². The summed E-state index contributed by atoms with van der Waals surface area (Å²) < 4.78 is 0. The van der Waals surface area contributed by atoms with Crippen molar-refractivity contribution in [2.24, 2.45) is 0 Å². The standard InChI is InChI=1S/C17H22N2O/c1-13-7-5-6-10-16(13)14(12-18)11-17(20)19-15-8-3-2-4-9-15/h5-7,10,14-15H,2-4,8-9,11H2,1H3,(H,19,20). The maximum Gasteiger partial charge on any atom is 0.221 e. The molecule has 1 N–H and O–H groups in total. The molecule has 1 saturated carbocycles. The molecule has 0 bridgehead atoms. The molecule has 1 atom stereocenters. The predicted octanol–water partition coefficient (Wildman–Crippen LogP) is 3.44. The zero-order chi connectivity index (χ0) is 14.4. The number of nitriles is 1. The van der Waals surface area contributed by atoms with Crippen LogP contribution in [-0.4, -0.2) is 11.9 Å². The van der Waals surface area contributed by atoms with Gasteiger partial charge in [-0.15, -0.1) is 0 Å². The van der Waals surface area contributed by atoms with Gasteiger partial charge in [0.1, 0.15) is 0 Å². The summed E-state index contributed by atoms with van der Waals surface area (Å²) in [5.41, 5.74) is 2.04. The van der Waals surface area contributed by atoms with E-state index in [1.165, 1.54) is 19.3 Å². The first-order valence-electron chi connectivity index (χ1n) is 7.45. The van der Waals surface area contributed by atoms with Crippen molar-refractivity contribution in [2.45, 2.75) is 57.4 Å². The Kier molecular flexibility index (Phi) is 5.17. The van der Waals surface area contributed by atoms with Gasteiger partial charge in [0, 0.05) is 12.5 Å². The second-order valence-corrected chi connectivity index (χ2v) is 5.64. The Morgan fingerprint density at radius 1 is 1.35 bits per heavy atom. The van der Waals surface area contributed by atoms with Crippen LogP contribution >= 0.6 is 0 Å². The van der Waals surface area contributed by atoms with Crippen molar-refractivity contribution in [1.82, 2.24) is 5.32 Å². The van der Waals surface area contributed by atoms with Gasteiger partial charge in [0.15, 0.2) is 0 Å². The Hall–Kier alpha value is -1.82. The average molecular weight is 270 g/mol. The third kappa shape index (κ3) is 3.84. The smallest absolute Gasteiger partial charge is 0.221 e. The van der Waals surface area contributed by atoms with E-state index >= 15 is 0 Å². The number of hydrogen-bond acceptors (Lipinski definition) is 2. The number of nitrogens with zero attached hydrogens (tertiary/aromatic N) is 1. The molecule has 0 aliphatic heterocycles. The molecule has 2 rings (SSSR count). The van der Waals surface area contributed by atoms with Crippen LogP contribution in [-0.2, 0) is 4.79 Å². The second-order valence-electron chi connectivity index (χ2n) is 5.64. The highest BCUT2D eigenvalue weighted by molar-refractivity contribution is 5.77. The van der Waals surface area contributed by atoms with Crippen LogP contribution in [0.1, 0.15) is 55.6 Å². The lowest BCUT2D eigenvalue weighted by molar-refractivity contribution is -0.122. The van der Waals surface area contributed by atoms with Gasteiger partial charge in [-0.25, -0.2) is 0 Å². The van der Waals surface area contributed by atoms with Crippen LogP contribution in [0, 0.1) is 18.3 Å². The van der Waals surface area contributed by atoms with Gasteiger partial charge in [0.2, 0.25) is 5.91 Å². The van der Waals surface area contributed by atoms with Crippen molar-refractivity contribution in [2.75, 3.05) is 0 Å². The van der Waals surface area contributed by atoms with Gasteiger partial charge in [-0.1, -0.05) is 43.5 Å². The lowest BCUT2D eigenvalue weighted by atomic mass is 9.92. The summed E-state index contributed by atoms with van der Waals surface area (Å²) in [7, 11) is 0. The molecule has 1 aromatic carbocycles. The number of carbonyl (C=O) groups is 1. The Bertz CT molecular complexity index is 498. The van der Waals surface area contributed by atoms with Crippen molar-refractivity contribution in [3.05, 3.63) is 35.4 Å². The van der Waals surface area contributed by atoms with Crippen molar-refractivity contribution in [3.8, 4) is 6.07 Å². The highest BCUT2D eigenvalue weighted by Gasteiger charge is 2.20. The third-order valence-electron chi connectivity index (χ3n) is 4.08. The van der Waals surface area contributed by atoms with Crippen molar-refractivity contribution < 1.29 is 4.79 Å². The maximum atomic E-state index is 12.1. The molecule has 0 aromatic heterocycles. The lowest BCUT2D eigenvalue weighted by Crippen LogP contribution is -2.36. The molecule has 1 unspecified atom stereocenters. The van der Waals surface area contributed by atoms with Crippen LogP contribution in [0.5, 0.6) is 0 Å². The Labute approximate surface area is 121 Å². The molecule has 1 amide bonds. The van der Waals surface area contributed by atoms with E-state index in [0.29, 0.717) is 6.04 Å². The van der Waals surface area contributed by atoms with Crippen molar-refractivity contribution >= 4 is 5.91 Å². The van der Waals surface area contributed by atoms with Crippen molar-refractivity contribution in [3.63, 3.8) is 0 Å². The first-order chi connectivity index (χ1) is 9.70. The summed E-state index contributed by atoms with van der Waals surface area (Å²) in [6.07, 6.45) is 6.09. The number of aryl methyl sites for hydroxylation is 1. The van der Waals surface area contributed by atoms with Gasteiger partial charge in [0.05, 0.1) is 12.0 Å². The zero-order valence-electron chi connectivity index (χ0n) is 12.1. The molecule has 3 nitrogen and oxygen atoms in total. The van der Waals surface area contributed by atoms with Crippen LogP contribution in [0.25, 0.3) is 0 Å². The molecule has 106 valence electrons. The largest absolute Gasteiger partial charge is 0.353 e. The Morgan fingerprint density at radius 3 is 2.70 bits per heavy atom. The summed E-state index contributed by atoms with van der Waals surface area (Å²) in [5.74, 6) is -0.341. The first kappa shape index (κ1) is 14.6. The number of nitrogens with one attached hydrogen (secondary N) is 1. The van der Waals surface area contributed by atoms with E-state index in [1.807, 2.05) is 31.2 Å². The van der Waals surface area contributed by atoms with Gasteiger partial charge >= 0.3 is 0 Å². The van der Waals surface area contributed by atoms with Crippen molar-refractivity contribution in [1.29, 1.82) is 5.26 Å². The van der Waals surface area contributed by atoms with Gasteiger partial charge in [-0.05, 0) is 30.9 Å². The van der Waals surface area contributed by atoms with Gasteiger partial charge < -0.3 is 5.32 Å². The van der Waals surface area contributed by atoms with Crippen LogP contribution in [0.15, 0.2) is 24.3 Å². The van der Waals surface area contributed by atoms with E-state index in [9.17, 15) is 10.1 Å². The monoisotopic (exact) mass is 270 g/mol. The third-order valence-corrected chi connectivity index (χ3v) is 4.08. The minimum atomic E-state index is -0.347. The van der Waals surface area contributed by atoms with E-state index < -0.39 is 0 Å². The summed E-state index contributed by atoms with van der Waals surface area (Å²) in [6.45, 7) is 1.98. The van der Waals surface area contributed by atoms with Crippen LogP contribution in [0.3, 0.4) is 0 Å². The quantitative estimate of drug-likeness (QED) is 0.911. The molecular formula is C17H22N2O. The molecule has 1 aromatic rings. The fourth-order valence-electron chi connectivity index (χ4n) is 2.92. The maximum absolute atomic E-state index is 12.1. The van der Waals surface area contributed by atoms with E-state index in [1.54, 1.807) is 0 Å². The fourth-order valence-corrected chi connectivity index (χ4v) is 2.92. The summed E-state index contributed by atoms with van der Waals surface area (Å²) >= 11 is 0. The minimum Gasteiger partial charge on any atom is -0.353 e. The van der Waals surface area contributed by atoms with E-state index in [0.717, 1.165) is 24.0 Å². The summed E-state index contributed by atoms with van der Waals surface area (Å²) in [4.78, 5) is 12.1. The normalized spacial score (nSPS) is 17.2. The molecule has 1 aliphatic rings. The number of benzene rings is 1. The molecular weight excluding hydrogens is 248 g/mol. The molecule has 0 spiro atoms. The van der Waals surface area contributed by atoms with Crippen LogP contribution in [0.4, 0.5) is 0 Å². The molecule has 20 heavy (non-hydrogen) atoms. The second kappa shape index (κ2) is 7.09.